The molecule has 1 aliphatic rings. The smallest absolute Gasteiger partial charge is 0.255 e. The van der Waals surface area contributed by atoms with Gasteiger partial charge < -0.3 is 4.90 Å². The molecule has 23 heavy (non-hydrogen) atoms. The molecule has 0 atom stereocenters. The predicted octanol–water partition coefficient (Wildman–Crippen LogP) is 3.65. The van der Waals surface area contributed by atoms with Crippen molar-refractivity contribution in [3.63, 3.8) is 0 Å². The number of hydrogen-bond acceptors (Lipinski definition) is 3. The third-order valence-electron chi connectivity index (χ3n) is 4.28. The Labute approximate surface area is 138 Å². The Morgan fingerprint density at radius 3 is 2.83 bits per heavy atom. The van der Waals surface area contributed by atoms with Gasteiger partial charge in [0.25, 0.3) is 5.91 Å². The molecule has 4 nitrogen and oxygen atoms in total. The summed E-state index contributed by atoms with van der Waals surface area (Å²) in [5.74, 6) is 0.148. The topological polar surface area (TPSA) is 49.0 Å². The van der Waals surface area contributed by atoms with Gasteiger partial charge in [-0.15, -0.1) is 11.3 Å². The van der Waals surface area contributed by atoms with Crippen molar-refractivity contribution >= 4 is 17.2 Å². The molecule has 0 bridgehead atoms. The van der Waals surface area contributed by atoms with Gasteiger partial charge in [-0.25, -0.2) is 0 Å². The Hall–Kier alpha value is -2.40. The third kappa shape index (κ3) is 2.47. The highest BCUT2D eigenvalue weighted by Crippen LogP contribution is 2.38. The molecular weight excluding hydrogens is 306 g/mol. The van der Waals surface area contributed by atoms with Crippen LogP contribution in [0.3, 0.4) is 0 Å². The van der Waals surface area contributed by atoms with Gasteiger partial charge in [0.15, 0.2) is 0 Å². The number of benzene rings is 1. The molecule has 0 fully saturated rings. The zero-order valence-electron chi connectivity index (χ0n) is 12.9. The van der Waals surface area contributed by atoms with Crippen LogP contribution in [0, 0.1) is 6.92 Å². The van der Waals surface area contributed by atoms with E-state index in [1.165, 1.54) is 11.1 Å². The standard InChI is InChI=1S/C18H17N3OS/c1-12-16-14(17(23-12)15-7-9-19-20-15)8-10-21(18(16)22)11-13-5-3-2-4-6-13/h2-7,9H,8,10-11H2,1H3,(H,19,20). The Morgan fingerprint density at radius 2 is 2.09 bits per heavy atom. The molecule has 4 rings (SSSR count). The molecule has 0 radical (unpaired) electrons. The quantitative estimate of drug-likeness (QED) is 0.800. The first kappa shape index (κ1) is 14.2. The fourth-order valence-electron chi connectivity index (χ4n) is 3.17. The summed E-state index contributed by atoms with van der Waals surface area (Å²) in [6, 6.07) is 12.1. The first-order valence-corrected chi connectivity index (χ1v) is 8.51. The number of fused-ring (bicyclic) bond motifs is 1. The lowest BCUT2D eigenvalue weighted by Gasteiger charge is -2.28. The van der Waals surface area contributed by atoms with Gasteiger partial charge in [0.2, 0.25) is 0 Å². The summed E-state index contributed by atoms with van der Waals surface area (Å²) in [6.07, 6.45) is 2.65. The van der Waals surface area contributed by atoms with E-state index >= 15 is 0 Å². The third-order valence-corrected chi connectivity index (χ3v) is 5.46. The Bertz CT molecular complexity index is 837. The van der Waals surface area contributed by atoms with E-state index in [0.29, 0.717) is 6.54 Å². The van der Waals surface area contributed by atoms with E-state index in [1.54, 1.807) is 17.5 Å². The Kier molecular flexibility index (Phi) is 3.50. The van der Waals surface area contributed by atoms with Gasteiger partial charge in [0.05, 0.1) is 16.1 Å². The molecule has 2 aromatic heterocycles. The van der Waals surface area contributed by atoms with Crippen LogP contribution in [0.2, 0.25) is 0 Å². The molecule has 5 heteroatoms. The number of amides is 1. The van der Waals surface area contributed by atoms with E-state index in [0.717, 1.165) is 34.0 Å². The number of rotatable bonds is 3. The second kappa shape index (κ2) is 5.66. The fraction of sp³-hybridized carbons (Fsp3) is 0.222. The molecule has 1 aliphatic heterocycles. The lowest BCUT2D eigenvalue weighted by molar-refractivity contribution is 0.0727. The summed E-state index contributed by atoms with van der Waals surface area (Å²) < 4.78 is 0. The minimum absolute atomic E-state index is 0.148. The zero-order chi connectivity index (χ0) is 15.8. The van der Waals surface area contributed by atoms with Crippen LogP contribution in [0.4, 0.5) is 0 Å². The monoisotopic (exact) mass is 323 g/mol. The van der Waals surface area contributed by atoms with Crippen LogP contribution in [0.15, 0.2) is 42.6 Å². The number of nitrogens with zero attached hydrogens (tertiary/aromatic N) is 2. The van der Waals surface area contributed by atoms with E-state index in [-0.39, 0.29) is 5.91 Å². The van der Waals surface area contributed by atoms with Crippen LogP contribution in [-0.4, -0.2) is 27.5 Å². The van der Waals surface area contributed by atoms with E-state index in [9.17, 15) is 4.79 Å². The van der Waals surface area contributed by atoms with E-state index in [4.69, 9.17) is 0 Å². The number of aryl methyl sites for hydroxylation is 1. The number of H-pyrrole nitrogens is 1. The van der Waals surface area contributed by atoms with Crippen molar-refractivity contribution in [3.8, 4) is 10.6 Å². The molecule has 0 unspecified atom stereocenters. The molecule has 116 valence electrons. The van der Waals surface area contributed by atoms with Gasteiger partial charge in [0.1, 0.15) is 0 Å². The summed E-state index contributed by atoms with van der Waals surface area (Å²) in [5, 5.41) is 7.05. The van der Waals surface area contributed by atoms with Crippen LogP contribution >= 0.6 is 11.3 Å². The van der Waals surface area contributed by atoms with Crippen LogP contribution in [-0.2, 0) is 13.0 Å². The summed E-state index contributed by atoms with van der Waals surface area (Å²) in [7, 11) is 0. The van der Waals surface area contributed by atoms with Crippen LogP contribution in [0.1, 0.15) is 26.4 Å². The highest BCUT2D eigenvalue weighted by Gasteiger charge is 2.30. The van der Waals surface area contributed by atoms with Gasteiger partial charge in [-0.1, -0.05) is 30.3 Å². The first-order valence-electron chi connectivity index (χ1n) is 7.69. The van der Waals surface area contributed by atoms with Crippen molar-refractivity contribution in [2.24, 2.45) is 0 Å². The number of nitrogens with one attached hydrogen (secondary N) is 1. The van der Waals surface area contributed by atoms with Crippen molar-refractivity contribution in [1.29, 1.82) is 0 Å². The summed E-state index contributed by atoms with van der Waals surface area (Å²) in [5.41, 5.74) is 4.24. The van der Waals surface area contributed by atoms with Gasteiger partial charge >= 0.3 is 0 Å². The second-order valence-corrected chi connectivity index (χ2v) is 7.00. The maximum Gasteiger partial charge on any atom is 0.255 e. The Balaban J connectivity index is 1.67. The largest absolute Gasteiger partial charge is 0.334 e. The molecule has 0 spiro atoms. The van der Waals surface area contributed by atoms with Crippen LogP contribution in [0.25, 0.3) is 10.6 Å². The van der Waals surface area contributed by atoms with Gasteiger partial charge in [0, 0.05) is 24.2 Å². The SMILES string of the molecule is Cc1sc(-c2ccn[nH]2)c2c1C(=O)N(Cc1ccccc1)CC2. The molecular formula is C18H17N3OS. The summed E-state index contributed by atoms with van der Waals surface area (Å²) >= 11 is 1.68. The van der Waals surface area contributed by atoms with Crippen molar-refractivity contribution in [3.05, 3.63) is 64.2 Å². The number of aromatic amines is 1. The zero-order valence-corrected chi connectivity index (χ0v) is 13.7. The number of carbonyl (C=O) groups excluding carboxylic acids is 1. The number of thiophene rings is 1. The fourth-order valence-corrected chi connectivity index (χ4v) is 4.34. The number of hydrogen-bond donors (Lipinski definition) is 1. The molecule has 0 aliphatic carbocycles. The molecule has 3 aromatic rings. The van der Waals surface area contributed by atoms with E-state index < -0.39 is 0 Å². The average molecular weight is 323 g/mol. The molecule has 0 saturated heterocycles. The first-order chi connectivity index (χ1) is 11.2. The Morgan fingerprint density at radius 1 is 1.26 bits per heavy atom. The predicted molar refractivity (Wildman–Crippen MR) is 91.5 cm³/mol. The van der Waals surface area contributed by atoms with Gasteiger partial charge in [-0.3, -0.25) is 9.89 Å². The van der Waals surface area contributed by atoms with Crippen LogP contribution < -0.4 is 0 Å². The van der Waals surface area contributed by atoms with E-state index in [2.05, 4.69) is 22.3 Å². The normalized spacial score (nSPS) is 14.1. The van der Waals surface area contributed by atoms with Crippen molar-refractivity contribution in [1.82, 2.24) is 15.1 Å². The van der Waals surface area contributed by atoms with E-state index in [1.807, 2.05) is 36.1 Å². The lowest BCUT2D eigenvalue weighted by atomic mass is 9.98. The minimum Gasteiger partial charge on any atom is -0.334 e. The summed E-state index contributed by atoms with van der Waals surface area (Å²) in [6.45, 7) is 3.47. The summed E-state index contributed by atoms with van der Waals surface area (Å²) in [4.78, 5) is 17.1. The van der Waals surface area contributed by atoms with Gasteiger partial charge in [-0.2, -0.15) is 5.10 Å². The highest BCUT2D eigenvalue weighted by atomic mass is 32.1. The van der Waals surface area contributed by atoms with Crippen molar-refractivity contribution in [2.75, 3.05) is 6.54 Å². The van der Waals surface area contributed by atoms with Crippen LogP contribution in [0.5, 0.6) is 0 Å². The molecule has 3 heterocycles. The van der Waals surface area contributed by atoms with Gasteiger partial charge in [-0.05, 0) is 30.5 Å². The lowest BCUT2D eigenvalue weighted by Crippen LogP contribution is -2.37. The minimum atomic E-state index is 0.148. The molecule has 1 aromatic carbocycles. The maximum absolute atomic E-state index is 12.9. The maximum atomic E-state index is 12.9. The van der Waals surface area contributed by atoms with Crippen molar-refractivity contribution in [2.45, 2.75) is 19.9 Å². The molecule has 1 N–H and O–H groups in total. The van der Waals surface area contributed by atoms with Crippen molar-refractivity contribution < 1.29 is 4.79 Å². The molecule has 1 amide bonds. The number of aromatic nitrogens is 2. The number of carbonyl (C=O) groups is 1. The highest BCUT2D eigenvalue weighted by molar-refractivity contribution is 7.16. The average Bonchev–Trinajstić information content (AvgIpc) is 3.19. The molecule has 0 saturated carbocycles. The second-order valence-electron chi connectivity index (χ2n) is 5.77.